The van der Waals surface area contributed by atoms with Gasteiger partial charge < -0.3 is 5.32 Å². The van der Waals surface area contributed by atoms with Gasteiger partial charge in [-0.05, 0) is 24.0 Å². The molecule has 0 saturated carbocycles. The van der Waals surface area contributed by atoms with Crippen LogP contribution in [-0.4, -0.2) is 16.7 Å². The van der Waals surface area contributed by atoms with Crippen LogP contribution in [0.5, 0.6) is 0 Å². The van der Waals surface area contributed by atoms with Gasteiger partial charge in [-0.3, -0.25) is 5.10 Å². The molecule has 0 saturated heterocycles. The van der Waals surface area contributed by atoms with Gasteiger partial charge in [-0.1, -0.05) is 49.4 Å². The standard InChI is InChI=1S/C17H19N3/c1-13(14-6-3-2-4-7-14)10-11-18-16-9-5-8-15-12-19-20-17(15)16/h2-9,12-13,18H,10-11H2,1H3,(H,19,20). The molecule has 3 heteroatoms. The Morgan fingerprint density at radius 1 is 1.10 bits per heavy atom. The Kier molecular flexibility index (Phi) is 3.68. The van der Waals surface area contributed by atoms with E-state index in [1.807, 2.05) is 6.20 Å². The van der Waals surface area contributed by atoms with Crippen LogP contribution in [0.4, 0.5) is 5.69 Å². The molecule has 0 fully saturated rings. The Bertz CT molecular complexity index is 673. The van der Waals surface area contributed by atoms with Crippen LogP contribution in [0, 0.1) is 0 Å². The molecule has 2 N–H and O–H groups in total. The lowest BCUT2D eigenvalue weighted by atomic mass is 9.98. The van der Waals surface area contributed by atoms with Gasteiger partial charge in [-0.15, -0.1) is 0 Å². The van der Waals surface area contributed by atoms with E-state index in [1.54, 1.807) is 0 Å². The molecule has 0 aliphatic carbocycles. The van der Waals surface area contributed by atoms with Crippen LogP contribution >= 0.6 is 0 Å². The fourth-order valence-corrected chi connectivity index (χ4v) is 2.49. The van der Waals surface area contributed by atoms with Gasteiger partial charge in [0, 0.05) is 11.9 Å². The molecule has 20 heavy (non-hydrogen) atoms. The van der Waals surface area contributed by atoms with E-state index < -0.39 is 0 Å². The molecule has 0 spiro atoms. The van der Waals surface area contributed by atoms with E-state index in [0.29, 0.717) is 5.92 Å². The van der Waals surface area contributed by atoms with Crippen LogP contribution in [-0.2, 0) is 0 Å². The van der Waals surface area contributed by atoms with Crippen molar-refractivity contribution in [3.63, 3.8) is 0 Å². The zero-order valence-corrected chi connectivity index (χ0v) is 11.6. The van der Waals surface area contributed by atoms with Crippen LogP contribution in [0.15, 0.2) is 54.7 Å². The second-order valence-electron chi connectivity index (χ2n) is 5.17. The van der Waals surface area contributed by atoms with Crippen molar-refractivity contribution in [1.29, 1.82) is 0 Å². The van der Waals surface area contributed by atoms with Gasteiger partial charge in [0.2, 0.25) is 0 Å². The number of fused-ring (bicyclic) bond motifs is 1. The first-order chi connectivity index (χ1) is 9.84. The number of H-pyrrole nitrogens is 1. The SMILES string of the molecule is CC(CCNc1cccc2cn[nH]c12)c1ccccc1. The zero-order valence-electron chi connectivity index (χ0n) is 11.6. The van der Waals surface area contributed by atoms with Gasteiger partial charge in [0.25, 0.3) is 0 Å². The molecular weight excluding hydrogens is 246 g/mol. The molecule has 0 radical (unpaired) electrons. The van der Waals surface area contributed by atoms with Crippen molar-refractivity contribution in [2.75, 3.05) is 11.9 Å². The lowest BCUT2D eigenvalue weighted by Gasteiger charge is -2.13. The quantitative estimate of drug-likeness (QED) is 0.727. The van der Waals surface area contributed by atoms with Gasteiger partial charge in [0.05, 0.1) is 17.4 Å². The second-order valence-corrected chi connectivity index (χ2v) is 5.17. The highest BCUT2D eigenvalue weighted by molar-refractivity contribution is 5.89. The summed E-state index contributed by atoms with van der Waals surface area (Å²) in [5, 5.41) is 11.8. The van der Waals surface area contributed by atoms with Crippen molar-refractivity contribution >= 4 is 16.6 Å². The molecule has 1 unspecified atom stereocenters. The minimum Gasteiger partial charge on any atom is -0.383 e. The number of anilines is 1. The number of hydrogen-bond acceptors (Lipinski definition) is 2. The molecule has 3 nitrogen and oxygen atoms in total. The molecule has 0 amide bonds. The predicted molar refractivity (Wildman–Crippen MR) is 84.1 cm³/mol. The first-order valence-electron chi connectivity index (χ1n) is 7.05. The van der Waals surface area contributed by atoms with Crippen molar-refractivity contribution in [3.8, 4) is 0 Å². The number of nitrogens with zero attached hydrogens (tertiary/aromatic N) is 1. The average Bonchev–Trinajstić information content (AvgIpc) is 2.97. The third-order valence-electron chi connectivity index (χ3n) is 3.74. The summed E-state index contributed by atoms with van der Waals surface area (Å²) in [5.74, 6) is 0.560. The fourth-order valence-electron chi connectivity index (χ4n) is 2.49. The normalized spacial score (nSPS) is 12.4. The van der Waals surface area contributed by atoms with Gasteiger partial charge >= 0.3 is 0 Å². The molecule has 0 aliphatic rings. The summed E-state index contributed by atoms with van der Waals surface area (Å²) >= 11 is 0. The Labute approximate surface area is 119 Å². The average molecular weight is 265 g/mol. The van der Waals surface area contributed by atoms with Gasteiger partial charge in [-0.2, -0.15) is 5.10 Å². The summed E-state index contributed by atoms with van der Waals surface area (Å²) in [6.07, 6.45) is 2.96. The van der Waals surface area contributed by atoms with E-state index in [-0.39, 0.29) is 0 Å². The number of benzene rings is 2. The van der Waals surface area contributed by atoms with E-state index in [9.17, 15) is 0 Å². The summed E-state index contributed by atoms with van der Waals surface area (Å²) in [4.78, 5) is 0. The van der Waals surface area contributed by atoms with Crippen molar-refractivity contribution in [2.24, 2.45) is 0 Å². The maximum Gasteiger partial charge on any atom is 0.0881 e. The highest BCUT2D eigenvalue weighted by Gasteiger charge is 2.06. The lowest BCUT2D eigenvalue weighted by Crippen LogP contribution is -2.06. The number of aromatic amines is 1. The summed E-state index contributed by atoms with van der Waals surface area (Å²) in [5.41, 5.74) is 3.61. The van der Waals surface area contributed by atoms with Crippen molar-refractivity contribution < 1.29 is 0 Å². The number of para-hydroxylation sites is 1. The minimum absolute atomic E-state index is 0.560. The maximum absolute atomic E-state index is 4.09. The van der Waals surface area contributed by atoms with Crippen LogP contribution in [0.1, 0.15) is 24.8 Å². The summed E-state index contributed by atoms with van der Waals surface area (Å²) in [6.45, 7) is 3.22. The van der Waals surface area contributed by atoms with Gasteiger partial charge in [-0.25, -0.2) is 0 Å². The highest BCUT2D eigenvalue weighted by atomic mass is 15.1. The third-order valence-corrected chi connectivity index (χ3v) is 3.74. The summed E-state index contributed by atoms with van der Waals surface area (Å²) < 4.78 is 0. The Hall–Kier alpha value is -2.29. The van der Waals surface area contributed by atoms with E-state index >= 15 is 0 Å². The number of aromatic nitrogens is 2. The number of rotatable bonds is 5. The Morgan fingerprint density at radius 2 is 1.95 bits per heavy atom. The van der Waals surface area contributed by atoms with Crippen molar-refractivity contribution in [1.82, 2.24) is 10.2 Å². The largest absolute Gasteiger partial charge is 0.383 e. The predicted octanol–water partition coefficient (Wildman–Crippen LogP) is 4.17. The molecule has 1 atom stereocenters. The number of hydrogen-bond donors (Lipinski definition) is 2. The minimum atomic E-state index is 0.560. The molecule has 3 rings (SSSR count). The van der Waals surface area contributed by atoms with E-state index in [4.69, 9.17) is 0 Å². The first-order valence-corrected chi connectivity index (χ1v) is 7.05. The monoisotopic (exact) mass is 265 g/mol. The third kappa shape index (κ3) is 2.67. The fraction of sp³-hybridized carbons (Fsp3) is 0.235. The molecule has 2 aromatic carbocycles. The van der Waals surface area contributed by atoms with E-state index in [2.05, 4.69) is 71.0 Å². The second kappa shape index (κ2) is 5.78. The molecule has 3 aromatic rings. The van der Waals surface area contributed by atoms with E-state index in [0.717, 1.165) is 29.6 Å². The molecule has 102 valence electrons. The maximum atomic E-state index is 4.09. The smallest absolute Gasteiger partial charge is 0.0881 e. The van der Waals surface area contributed by atoms with Gasteiger partial charge in [0.1, 0.15) is 0 Å². The molecule has 0 bridgehead atoms. The Balaban J connectivity index is 1.61. The first kappa shape index (κ1) is 12.7. The van der Waals surface area contributed by atoms with Gasteiger partial charge in [0.15, 0.2) is 0 Å². The van der Waals surface area contributed by atoms with E-state index in [1.165, 1.54) is 5.56 Å². The highest BCUT2D eigenvalue weighted by Crippen LogP contribution is 2.22. The Morgan fingerprint density at radius 3 is 2.80 bits per heavy atom. The topological polar surface area (TPSA) is 40.7 Å². The summed E-state index contributed by atoms with van der Waals surface area (Å²) in [6, 6.07) is 16.9. The van der Waals surface area contributed by atoms with Crippen LogP contribution in [0.2, 0.25) is 0 Å². The van der Waals surface area contributed by atoms with Crippen molar-refractivity contribution in [3.05, 3.63) is 60.3 Å². The van der Waals surface area contributed by atoms with Crippen molar-refractivity contribution in [2.45, 2.75) is 19.3 Å². The molecular formula is C17H19N3. The van der Waals surface area contributed by atoms with Crippen LogP contribution in [0.3, 0.4) is 0 Å². The molecule has 1 aromatic heterocycles. The molecule has 0 aliphatic heterocycles. The lowest BCUT2D eigenvalue weighted by molar-refractivity contribution is 0.706. The van der Waals surface area contributed by atoms with Crippen LogP contribution in [0.25, 0.3) is 10.9 Å². The summed E-state index contributed by atoms with van der Waals surface area (Å²) in [7, 11) is 0. The van der Waals surface area contributed by atoms with Crippen LogP contribution < -0.4 is 5.32 Å². The molecule has 1 heterocycles. The zero-order chi connectivity index (χ0) is 13.8. The number of nitrogens with one attached hydrogen (secondary N) is 2.